The van der Waals surface area contributed by atoms with Crippen LogP contribution < -0.4 is 0 Å². The molecular weight excluding hydrogens is 218 g/mol. The van der Waals surface area contributed by atoms with Gasteiger partial charge in [-0.25, -0.2) is 0 Å². The fourth-order valence-corrected chi connectivity index (χ4v) is 2.70. The average molecular weight is 241 g/mol. The van der Waals surface area contributed by atoms with E-state index >= 15 is 0 Å². The van der Waals surface area contributed by atoms with E-state index < -0.39 is 0 Å². The lowest BCUT2D eigenvalue weighted by atomic mass is 9.82. The topological polar surface area (TPSA) is 38.8 Å². The van der Waals surface area contributed by atoms with Gasteiger partial charge in [-0.3, -0.25) is 4.79 Å². The Kier molecular flexibility index (Phi) is 4.17. The number of ether oxygens (including phenoxy) is 2. The van der Waals surface area contributed by atoms with Crippen molar-refractivity contribution in [1.29, 1.82) is 0 Å². The van der Waals surface area contributed by atoms with Crippen molar-refractivity contribution in [1.82, 2.24) is 4.90 Å². The summed E-state index contributed by atoms with van der Waals surface area (Å²) in [5.41, 5.74) is -0.142. The predicted molar refractivity (Wildman–Crippen MR) is 65.0 cm³/mol. The van der Waals surface area contributed by atoms with E-state index in [0.29, 0.717) is 25.4 Å². The molecule has 1 spiro atoms. The number of hydrogen-bond donors (Lipinski definition) is 0. The third-order valence-electron chi connectivity index (χ3n) is 3.82. The minimum absolute atomic E-state index is 0.142. The van der Waals surface area contributed by atoms with Crippen molar-refractivity contribution in [3.63, 3.8) is 0 Å². The minimum Gasteiger partial charge on any atom is -0.378 e. The Morgan fingerprint density at radius 1 is 1.41 bits per heavy atom. The zero-order valence-corrected chi connectivity index (χ0v) is 10.9. The van der Waals surface area contributed by atoms with Gasteiger partial charge in [0.05, 0.1) is 12.2 Å². The maximum absolute atomic E-state index is 12.1. The maximum Gasteiger partial charge on any atom is 0.137 e. The SMILES string of the molecule is CN(C)CCC(=O)C1CCOC2(CCOC2)C1. The number of nitrogens with zero attached hydrogens (tertiary/aromatic N) is 1. The lowest BCUT2D eigenvalue weighted by Crippen LogP contribution is -2.42. The van der Waals surface area contributed by atoms with E-state index in [1.807, 2.05) is 14.1 Å². The van der Waals surface area contributed by atoms with Gasteiger partial charge in [0, 0.05) is 38.5 Å². The molecule has 2 heterocycles. The summed E-state index contributed by atoms with van der Waals surface area (Å²) >= 11 is 0. The lowest BCUT2D eigenvalue weighted by Gasteiger charge is -2.36. The summed E-state index contributed by atoms with van der Waals surface area (Å²) < 4.78 is 11.3. The van der Waals surface area contributed by atoms with Gasteiger partial charge in [0.2, 0.25) is 0 Å². The smallest absolute Gasteiger partial charge is 0.137 e. The van der Waals surface area contributed by atoms with Crippen molar-refractivity contribution in [2.45, 2.75) is 31.3 Å². The summed E-state index contributed by atoms with van der Waals surface area (Å²) in [6, 6.07) is 0. The molecule has 4 nitrogen and oxygen atoms in total. The first-order chi connectivity index (χ1) is 8.11. The molecular formula is C13H23NO3. The molecule has 0 amide bonds. The van der Waals surface area contributed by atoms with Crippen LogP contribution >= 0.6 is 0 Å². The molecule has 0 N–H and O–H groups in total. The van der Waals surface area contributed by atoms with E-state index in [4.69, 9.17) is 9.47 Å². The first-order valence-corrected chi connectivity index (χ1v) is 6.50. The number of carbonyl (C=O) groups excluding carboxylic acids is 1. The largest absolute Gasteiger partial charge is 0.378 e. The van der Waals surface area contributed by atoms with Crippen LogP contribution in [0.3, 0.4) is 0 Å². The fraction of sp³-hybridized carbons (Fsp3) is 0.923. The molecule has 0 aromatic carbocycles. The number of hydrogen-bond acceptors (Lipinski definition) is 4. The minimum atomic E-state index is -0.142. The molecule has 17 heavy (non-hydrogen) atoms. The van der Waals surface area contributed by atoms with Crippen LogP contribution in [0.1, 0.15) is 25.7 Å². The Morgan fingerprint density at radius 2 is 2.24 bits per heavy atom. The van der Waals surface area contributed by atoms with Crippen LogP contribution in [0.2, 0.25) is 0 Å². The van der Waals surface area contributed by atoms with Crippen molar-refractivity contribution >= 4 is 5.78 Å². The van der Waals surface area contributed by atoms with Gasteiger partial charge in [0.15, 0.2) is 0 Å². The summed E-state index contributed by atoms with van der Waals surface area (Å²) in [5.74, 6) is 0.582. The second-order valence-electron chi connectivity index (χ2n) is 5.54. The van der Waals surface area contributed by atoms with Crippen LogP contribution in [0.15, 0.2) is 0 Å². The van der Waals surface area contributed by atoms with Gasteiger partial charge in [-0.2, -0.15) is 0 Å². The molecule has 2 fully saturated rings. The fourth-order valence-electron chi connectivity index (χ4n) is 2.70. The molecule has 0 aromatic rings. The number of ketones is 1. The Bertz CT molecular complexity index is 272. The van der Waals surface area contributed by atoms with Crippen molar-refractivity contribution in [3.05, 3.63) is 0 Å². The molecule has 0 saturated carbocycles. The van der Waals surface area contributed by atoms with Crippen molar-refractivity contribution < 1.29 is 14.3 Å². The molecule has 2 atom stereocenters. The zero-order chi connectivity index (χ0) is 12.3. The highest BCUT2D eigenvalue weighted by Gasteiger charge is 2.42. The third kappa shape index (κ3) is 3.27. The van der Waals surface area contributed by atoms with E-state index in [0.717, 1.165) is 32.4 Å². The molecule has 0 radical (unpaired) electrons. The Morgan fingerprint density at radius 3 is 2.88 bits per heavy atom. The highest BCUT2D eigenvalue weighted by atomic mass is 16.6. The van der Waals surface area contributed by atoms with Crippen LogP contribution in [0.4, 0.5) is 0 Å². The molecule has 2 unspecified atom stereocenters. The summed E-state index contributed by atoms with van der Waals surface area (Å²) in [6.45, 7) is 3.00. The Balaban J connectivity index is 1.86. The predicted octanol–water partition coefficient (Wildman–Crippen LogP) is 1.09. The first kappa shape index (κ1) is 13.0. The van der Waals surface area contributed by atoms with E-state index in [9.17, 15) is 4.79 Å². The Hall–Kier alpha value is -0.450. The molecule has 0 aliphatic carbocycles. The number of Topliss-reactive ketones (excluding diaryl/α,β-unsaturated/α-hetero) is 1. The average Bonchev–Trinajstić information content (AvgIpc) is 2.74. The second kappa shape index (κ2) is 5.46. The van der Waals surface area contributed by atoms with Gasteiger partial charge in [-0.1, -0.05) is 0 Å². The van der Waals surface area contributed by atoms with Gasteiger partial charge < -0.3 is 14.4 Å². The molecule has 2 aliphatic rings. The van der Waals surface area contributed by atoms with Gasteiger partial charge in [0.1, 0.15) is 5.78 Å². The van der Waals surface area contributed by atoms with Crippen LogP contribution in [-0.2, 0) is 14.3 Å². The van der Waals surface area contributed by atoms with Gasteiger partial charge >= 0.3 is 0 Å². The maximum atomic E-state index is 12.1. The standard InChI is InChI=1S/C13H23NO3/c1-14(2)6-3-12(15)11-4-7-17-13(9-11)5-8-16-10-13/h11H,3-10H2,1-2H3. The summed E-state index contributed by atoms with van der Waals surface area (Å²) in [6.07, 6.45) is 3.35. The Labute approximate surface area is 103 Å². The monoisotopic (exact) mass is 241 g/mol. The molecule has 98 valence electrons. The summed E-state index contributed by atoms with van der Waals surface area (Å²) in [4.78, 5) is 14.2. The summed E-state index contributed by atoms with van der Waals surface area (Å²) in [5, 5.41) is 0. The number of rotatable bonds is 4. The summed E-state index contributed by atoms with van der Waals surface area (Å²) in [7, 11) is 4.01. The van der Waals surface area contributed by atoms with Gasteiger partial charge in [-0.15, -0.1) is 0 Å². The van der Waals surface area contributed by atoms with Crippen LogP contribution in [0.25, 0.3) is 0 Å². The van der Waals surface area contributed by atoms with E-state index in [1.165, 1.54) is 0 Å². The quantitative estimate of drug-likeness (QED) is 0.738. The van der Waals surface area contributed by atoms with Crippen molar-refractivity contribution in [3.8, 4) is 0 Å². The molecule has 0 bridgehead atoms. The second-order valence-corrected chi connectivity index (χ2v) is 5.54. The van der Waals surface area contributed by atoms with E-state index in [2.05, 4.69) is 4.90 Å². The lowest BCUT2D eigenvalue weighted by molar-refractivity contribution is -0.137. The highest BCUT2D eigenvalue weighted by molar-refractivity contribution is 5.81. The van der Waals surface area contributed by atoms with Crippen LogP contribution in [0, 0.1) is 5.92 Å². The normalized spacial score (nSPS) is 33.5. The molecule has 0 aromatic heterocycles. The molecule has 2 rings (SSSR count). The van der Waals surface area contributed by atoms with Gasteiger partial charge in [0.25, 0.3) is 0 Å². The number of carbonyl (C=O) groups is 1. The molecule has 4 heteroatoms. The molecule has 2 aliphatic heterocycles. The van der Waals surface area contributed by atoms with Crippen LogP contribution in [-0.4, -0.2) is 56.7 Å². The zero-order valence-electron chi connectivity index (χ0n) is 10.9. The van der Waals surface area contributed by atoms with Crippen molar-refractivity contribution in [2.75, 3.05) is 40.5 Å². The van der Waals surface area contributed by atoms with Gasteiger partial charge in [-0.05, 0) is 26.9 Å². The van der Waals surface area contributed by atoms with Crippen LogP contribution in [0.5, 0.6) is 0 Å². The van der Waals surface area contributed by atoms with Crippen molar-refractivity contribution in [2.24, 2.45) is 5.92 Å². The molecule has 2 saturated heterocycles. The van der Waals surface area contributed by atoms with E-state index in [1.54, 1.807) is 0 Å². The third-order valence-corrected chi connectivity index (χ3v) is 3.82. The first-order valence-electron chi connectivity index (χ1n) is 6.50. The van der Waals surface area contributed by atoms with E-state index in [-0.39, 0.29) is 11.5 Å². The highest BCUT2D eigenvalue weighted by Crippen LogP contribution is 2.36.